The predicted molar refractivity (Wildman–Crippen MR) is 103 cm³/mol. The van der Waals surface area contributed by atoms with Gasteiger partial charge in [0.25, 0.3) is 0 Å². The minimum atomic E-state index is -4.74. The molecule has 0 saturated heterocycles. The van der Waals surface area contributed by atoms with Gasteiger partial charge in [0.05, 0.1) is 6.10 Å². The molecular weight excluding hydrogens is 378 g/mol. The van der Waals surface area contributed by atoms with Crippen molar-refractivity contribution in [3.8, 4) is 5.75 Å². The van der Waals surface area contributed by atoms with E-state index in [1.54, 1.807) is 13.0 Å². The molecule has 6 nitrogen and oxygen atoms in total. The van der Waals surface area contributed by atoms with E-state index < -0.39 is 13.9 Å². The Morgan fingerprint density at radius 3 is 2.44 bits per heavy atom. The molecular formula is C19H34NaO6P. The average molecular weight is 412 g/mol. The van der Waals surface area contributed by atoms with Crippen LogP contribution in [0.2, 0.25) is 0 Å². The Balaban J connectivity index is 0. The van der Waals surface area contributed by atoms with Gasteiger partial charge in [0.2, 0.25) is 0 Å². The number of phosphoric acid groups is 1. The van der Waals surface area contributed by atoms with E-state index in [9.17, 15) is 9.67 Å². The van der Waals surface area contributed by atoms with E-state index >= 15 is 0 Å². The fourth-order valence-electron chi connectivity index (χ4n) is 2.85. The van der Waals surface area contributed by atoms with Crippen LogP contribution in [0.1, 0.15) is 78.8 Å². The van der Waals surface area contributed by atoms with E-state index in [0.29, 0.717) is 12.8 Å². The summed E-state index contributed by atoms with van der Waals surface area (Å²) in [5.74, 6) is 0.285. The number of aryl methyl sites for hydroxylation is 1. The molecule has 0 saturated carbocycles. The van der Waals surface area contributed by atoms with Crippen LogP contribution in [-0.4, -0.2) is 21.0 Å². The molecule has 8 heteroatoms. The zero-order chi connectivity index (χ0) is 19.8. The summed E-state index contributed by atoms with van der Waals surface area (Å²) in [7, 11) is -4.74. The number of aliphatic hydroxyl groups excluding tert-OH is 1. The van der Waals surface area contributed by atoms with Gasteiger partial charge in [-0.05, 0) is 48.8 Å². The van der Waals surface area contributed by atoms with Crippen molar-refractivity contribution in [1.82, 2.24) is 0 Å². The molecule has 27 heavy (non-hydrogen) atoms. The third kappa shape index (κ3) is 11.0. The molecule has 0 radical (unpaired) electrons. The van der Waals surface area contributed by atoms with Gasteiger partial charge in [-0.25, -0.2) is 4.57 Å². The molecule has 0 bridgehead atoms. The van der Waals surface area contributed by atoms with E-state index in [4.69, 9.17) is 14.7 Å². The Hall–Kier alpha value is 0.0900. The van der Waals surface area contributed by atoms with Gasteiger partial charge in [-0.15, -0.1) is 0 Å². The standard InChI is InChI=1S/C19H33O6P.Na.H/c1-5-6-7-8-13-19(3,4)17-12-11-16(10-9-15(2)20)18(14-17)24-25-26(21,22)23;;/h11-12,14-15,20H,5-10,13H2,1-4H3,(H2,21,22,23);;/q;+1;-1. The summed E-state index contributed by atoms with van der Waals surface area (Å²) in [6, 6.07) is 5.68. The van der Waals surface area contributed by atoms with Crippen molar-refractivity contribution in [2.75, 3.05) is 0 Å². The maximum atomic E-state index is 11.0. The van der Waals surface area contributed by atoms with Gasteiger partial charge in [-0.2, -0.15) is 0 Å². The normalized spacial score (nSPS) is 13.1. The summed E-state index contributed by atoms with van der Waals surface area (Å²) in [5.41, 5.74) is 1.68. The third-order valence-electron chi connectivity index (χ3n) is 4.56. The van der Waals surface area contributed by atoms with E-state index in [0.717, 1.165) is 24.0 Å². The first-order valence-electron chi connectivity index (χ1n) is 9.28. The van der Waals surface area contributed by atoms with Crippen LogP contribution in [0, 0.1) is 0 Å². The number of benzene rings is 1. The van der Waals surface area contributed by atoms with Crippen LogP contribution in [-0.2, 0) is 21.1 Å². The molecule has 0 spiro atoms. The summed E-state index contributed by atoms with van der Waals surface area (Å²) in [6.07, 6.45) is 6.31. The van der Waals surface area contributed by atoms with Crippen molar-refractivity contribution in [3.63, 3.8) is 0 Å². The largest absolute Gasteiger partial charge is 1.00 e. The maximum Gasteiger partial charge on any atom is 1.00 e. The van der Waals surface area contributed by atoms with Gasteiger partial charge in [-0.3, -0.25) is 0 Å². The van der Waals surface area contributed by atoms with Crippen molar-refractivity contribution < 1.29 is 60.0 Å². The summed E-state index contributed by atoms with van der Waals surface area (Å²) in [6.45, 7) is 8.18. The molecule has 0 fully saturated rings. The van der Waals surface area contributed by atoms with Crippen LogP contribution in [0.15, 0.2) is 18.2 Å². The molecule has 0 heterocycles. The Morgan fingerprint density at radius 1 is 1.22 bits per heavy atom. The second kappa shape index (κ2) is 12.6. The molecule has 152 valence electrons. The first-order chi connectivity index (χ1) is 12.0. The molecule has 0 aliphatic heterocycles. The fourth-order valence-corrected chi connectivity index (χ4v) is 3.03. The number of hydrogen-bond donors (Lipinski definition) is 3. The molecule has 0 aliphatic carbocycles. The van der Waals surface area contributed by atoms with E-state index in [2.05, 4.69) is 25.4 Å². The molecule has 1 atom stereocenters. The summed E-state index contributed by atoms with van der Waals surface area (Å²) < 4.78 is 15.2. The van der Waals surface area contributed by atoms with E-state index in [-0.39, 0.29) is 42.1 Å². The van der Waals surface area contributed by atoms with Gasteiger partial charge in [-0.1, -0.05) is 63.3 Å². The Kier molecular flexibility index (Phi) is 12.7. The summed E-state index contributed by atoms with van der Waals surface area (Å²) >= 11 is 0. The summed E-state index contributed by atoms with van der Waals surface area (Å²) in [5, 5.41) is 9.49. The summed E-state index contributed by atoms with van der Waals surface area (Å²) in [4.78, 5) is 22.8. The topological polar surface area (TPSA) is 96.2 Å². The second-order valence-corrected chi connectivity index (χ2v) is 8.68. The van der Waals surface area contributed by atoms with Gasteiger partial charge < -0.3 is 21.2 Å². The van der Waals surface area contributed by atoms with Crippen LogP contribution in [0.3, 0.4) is 0 Å². The van der Waals surface area contributed by atoms with Gasteiger partial charge in [0.1, 0.15) is 0 Å². The first-order valence-corrected chi connectivity index (χ1v) is 10.8. The van der Waals surface area contributed by atoms with Gasteiger partial charge >= 0.3 is 37.4 Å². The monoisotopic (exact) mass is 412 g/mol. The van der Waals surface area contributed by atoms with Crippen molar-refractivity contribution in [1.29, 1.82) is 0 Å². The number of rotatable bonds is 12. The van der Waals surface area contributed by atoms with Crippen LogP contribution in [0.5, 0.6) is 5.75 Å². The van der Waals surface area contributed by atoms with Crippen LogP contribution in [0.4, 0.5) is 0 Å². The van der Waals surface area contributed by atoms with Crippen LogP contribution in [0.25, 0.3) is 0 Å². The average Bonchev–Trinajstić information content (AvgIpc) is 2.54. The quantitative estimate of drug-likeness (QED) is 0.159. The molecule has 1 rings (SSSR count). The SMILES string of the molecule is CCCCCCC(C)(C)c1ccc(CCC(C)O)c(OOP(=O)(O)O)c1.[H-].[Na+]. The van der Waals surface area contributed by atoms with Crippen LogP contribution < -0.4 is 34.4 Å². The molecule has 0 aliphatic rings. The molecule has 0 amide bonds. The molecule has 3 N–H and O–H groups in total. The Labute approximate surface area is 186 Å². The molecule has 0 aromatic heterocycles. The minimum absolute atomic E-state index is 0. The maximum absolute atomic E-state index is 11.0. The Morgan fingerprint density at radius 2 is 1.89 bits per heavy atom. The van der Waals surface area contributed by atoms with Gasteiger partial charge in [0, 0.05) is 0 Å². The van der Waals surface area contributed by atoms with Crippen molar-refractivity contribution in [3.05, 3.63) is 29.3 Å². The number of unbranched alkanes of at least 4 members (excludes halogenated alkanes) is 3. The number of hydrogen-bond acceptors (Lipinski definition) is 4. The first kappa shape index (κ1) is 27.1. The van der Waals surface area contributed by atoms with E-state index in [1.165, 1.54) is 19.3 Å². The fraction of sp³-hybridized carbons (Fsp3) is 0.684. The number of aliphatic hydroxyl groups is 1. The molecule has 1 unspecified atom stereocenters. The smallest absolute Gasteiger partial charge is 1.00 e. The van der Waals surface area contributed by atoms with E-state index in [1.807, 2.05) is 12.1 Å². The van der Waals surface area contributed by atoms with Crippen molar-refractivity contribution in [2.45, 2.75) is 84.2 Å². The third-order valence-corrected chi connectivity index (χ3v) is 4.83. The van der Waals surface area contributed by atoms with Crippen molar-refractivity contribution >= 4 is 7.82 Å². The van der Waals surface area contributed by atoms with Crippen LogP contribution >= 0.6 is 7.82 Å². The zero-order valence-corrected chi connectivity index (χ0v) is 20.2. The molecule has 1 aromatic rings. The molecule has 1 aromatic carbocycles. The van der Waals surface area contributed by atoms with Crippen molar-refractivity contribution in [2.24, 2.45) is 0 Å². The van der Waals surface area contributed by atoms with Gasteiger partial charge in [0.15, 0.2) is 5.75 Å². The second-order valence-electron chi connectivity index (χ2n) is 7.55. The zero-order valence-electron chi connectivity index (χ0n) is 18.3. The Bertz CT molecular complexity index is 606. The predicted octanol–water partition coefficient (Wildman–Crippen LogP) is 1.77. The minimum Gasteiger partial charge on any atom is -1.00 e.